The molecule has 0 bridgehead atoms. The van der Waals surface area contributed by atoms with Crippen LogP contribution in [-0.2, 0) is 11.2 Å². The Morgan fingerprint density at radius 2 is 2.29 bits per heavy atom. The number of nitrogens with one attached hydrogen (secondary N) is 1. The van der Waals surface area contributed by atoms with E-state index in [1.807, 2.05) is 18.2 Å². The van der Waals surface area contributed by atoms with Crippen LogP contribution in [0.5, 0.6) is 5.75 Å². The van der Waals surface area contributed by atoms with Crippen molar-refractivity contribution in [3.05, 3.63) is 28.2 Å². The number of hydrogen-bond acceptors (Lipinski definition) is 3. The Bertz CT molecular complexity index is 490. The Morgan fingerprint density at radius 1 is 1.48 bits per heavy atom. The first kappa shape index (κ1) is 16.5. The van der Waals surface area contributed by atoms with Crippen molar-refractivity contribution in [2.45, 2.75) is 39.0 Å². The molecule has 1 heterocycles. The smallest absolute Gasteiger partial charge is 0.144 e. The predicted molar refractivity (Wildman–Crippen MR) is 88.8 cm³/mol. The third kappa shape index (κ3) is 3.86. The minimum absolute atomic E-state index is 0.185. The number of ketones is 1. The van der Waals surface area contributed by atoms with E-state index in [1.165, 1.54) is 0 Å². The fourth-order valence-electron chi connectivity index (χ4n) is 3.21. The zero-order valence-corrected chi connectivity index (χ0v) is 14.5. The van der Waals surface area contributed by atoms with E-state index < -0.39 is 0 Å². The summed E-state index contributed by atoms with van der Waals surface area (Å²) in [7, 11) is 1.65. The summed E-state index contributed by atoms with van der Waals surface area (Å²) < 4.78 is 6.24. The van der Waals surface area contributed by atoms with E-state index in [0.717, 1.165) is 54.6 Å². The highest BCUT2D eigenvalue weighted by Crippen LogP contribution is 2.35. The Morgan fingerprint density at radius 3 is 2.90 bits per heavy atom. The average molecular weight is 354 g/mol. The molecule has 0 spiro atoms. The summed E-state index contributed by atoms with van der Waals surface area (Å²) in [6.07, 6.45) is 4.59. The molecule has 1 aromatic carbocycles. The summed E-state index contributed by atoms with van der Waals surface area (Å²) in [6.45, 7) is 4.01. The molecule has 1 saturated heterocycles. The minimum atomic E-state index is -0.185. The van der Waals surface area contributed by atoms with Crippen molar-refractivity contribution in [1.82, 2.24) is 5.32 Å². The van der Waals surface area contributed by atoms with Gasteiger partial charge in [-0.05, 0) is 49.6 Å². The molecule has 1 aliphatic rings. The molecule has 0 aromatic heterocycles. The van der Waals surface area contributed by atoms with Crippen LogP contribution in [0.15, 0.2) is 22.7 Å². The highest BCUT2D eigenvalue weighted by atomic mass is 79.9. The lowest BCUT2D eigenvalue weighted by Gasteiger charge is -2.36. The lowest BCUT2D eigenvalue weighted by molar-refractivity contribution is -0.129. The molecule has 1 fully saturated rings. The van der Waals surface area contributed by atoms with Crippen molar-refractivity contribution >= 4 is 21.7 Å². The highest BCUT2D eigenvalue weighted by Gasteiger charge is 2.38. The first-order valence-corrected chi connectivity index (χ1v) is 8.47. The van der Waals surface area contributed by atoms with Crippen molar-refractivity contribution in [1.29, 1.82) is 0 Å². The van der Waals surface area contributed by atoms with Crippen LogP contribution >= 0.6 is 15.9 Å². The molecule has 0 saturated carbocycles. The quantitative estimate of drug-likeness (QED) is 0.846. The predicted octanol–water partition coefficient (Wildman–Crippen LogP) is 3.74. The molecule has 4 heteroatoms. The van der Waals surface area contributed by atoms with E-state index in [2.05, 4.69) is 28.2 Å². The minimum Gasteiger partial charge on any atom is -0.497 e. The van der Waals surface area contributed by atoms with E-state index in [0.29, 0.717) is 12.2 Å². The Labute approximate surface area is 135 Å². The summed E-state index contributed by atoms with van der Waals surface area (Å²) in [5.74, 6) is 1.15. The van der Waals surface area contributed by atoms with Crippen LogP contribution < -0.4 is 10.1 Å². The molecule has 1 aromatic rings. The molecule has 1 atom stereocenters. The van der Waals surface area contributed by atoms with E-state index in [4.69, 9.17) is 4.74 Å². The molecule has 0 radical (unpaired) electrons. The van der Waals surface area contributed by atoms with Crippen LogP contribution in [0.2, 0.25) is 0 Å². The number of ether oxygens (including phenoxy) is 1. The van der Waals surface area contributed by atoms with Crippen LogP contribution in [0, 0.1) is 5.41 Å². The average Bonchev–Trinajstić information content (AvgIpc) is 2.50. The number of methoxy groups -OCH3 is 1. The van der Waals surface area contributed by atoms with Gasteiger partial charge < -0.3 is 10.1 Å². The van der Waals surface area contributed by atoms with Crippen LogP contribution in [0.3, 0.4) is 0 Å². The number of rotatable bonds is 6. The first-order valence-electron chi connectivity index (χ1n) is 7.68. The van der Waals surface area contributed by atoms with Crippen LogP contribution in [0.1, 0.15) is 38.2 Å². The van der Waals surface area contributed by atoms with E-state index >= 15 is 0 Å². The van der Waals surface area contributed by atoms with E-state index in [-0.39, 0.29) is 5.41 Å². The highest BCUT2D eigenvalue weighted by molar-refractivity contribution is 9.10. The SMILES string of the molecule is CCCC1(C(=O)Cc2cc(OC)ccc2Br)CCCNC1. The van der Waals surface area contributed by atoms with Crippen LogP contribution in [0.4, 0.5) is 0 Å². The number of carbonyl (C=O) groups excluding carboxylic acids is 1. The van der Waals surface area contributed by atoms with Gasteiger partial charge in [0.1, 0.15) is 11.5 Å². The van der Waals surface area contributed by atoms with Crippen molar-refractivity contribution in [3.8, 4) is 5.75 Å². The first-order chi connectivity index (χ1) is 10.1. The van der Waals surface area contributed by atoms with E-state index in [1.54, 1.807) is 7.11 Å². The second kappa shape index (κ2) is 7.41. The van der Waals surface area contributed by atoms with Gasteiger partial charge in [-0.15, -0.1) is 0 Å². The summed E-state index contributed by atoms with van der Waals surface area (Å²) in [5.41, 5.74) is 0.829. The number of halogens is 1. The topological polar surface area (TPSA) is 38.3 Å². The molecule has 0 amide bonds. The van der Waals surface area contributed by atoms with Gasteiger partial charge in [0.25, 0.3) is 0 Å². The molecule has 1 N–H and O–H groups in total. The maximum Gasteiger partial charge on any atom is 0.144 e. The summed E-state index contributed by atoms with van der Waals surface area (Å²) in [4.78, 5) is 12.9. The zero-order valence-electron chi connectivity index (χ0n) is 12.9. The second-order valence-electron chi connectivity index (χ2n) is 5.87. The van der Waals surface area contributed by atoms with Gasteiger partial charge in [-0.1, -0.05) is 29.3 Å². The van der Waals surface area contributed by atoms with Crippen molar-refractivity contribution in [2.24, 2.45) is 5.41 Å². The Hall–Kier alpha value is -0.870. The zero-order chi connectivity index (χ0) is 15.3. The lowest BCUT2D eigenvalue weighted by atomic mass is 9.72. The van der Waals surface area contributed by atoms with Gasteiger partial charge in [0, 0.05) is 22.9 Å². The number of Topliss-reactive ketones (excluding diaryl/α,β-unsaturated/α-hetero) is 1. The van der Waals surface area contributed by atoms with Gasteiger partial charge in [0.05, 0.1) is 7.11 Å². The second-order valence-corrected chi connectivity index (χ2v) is 6.72. The molecular formula is C17H24BrNO2. The van der Waals surface area contributed by atoms with Gasteiger partial charge in [0.2, 0.25) is 0 Å². The number of benzene rings is 1. The molecule has 21 heavy (non-hydrogen) atoms. The summed E-state index contributed by atoms with van der Waals surface area (Å²) in [5, 5.41) is 3.41. The third-order valence-electron chi connectivity index (χ3n) is 4.40. The number of hydrogen-bond donors (Lipinski definition) is 1. The van der Waals surface area contributed by atoms with Gasteiger partial charge in [-0.3, -0.25) is 4.79 Å². The van der Waals surface area contributed by atoms with Crippen LogP contribution in [0.25, 0.3) is 0 Å². The molecule has 3 nitrogen and oxygen atoms in total. The molecule has 0 aliphatic carbocycles. The molecule has 2 rings (SSSR count). The van der Waals surface area contributed by atoms with Gasteiger partial charge >= 0.3 is 0 Å². The Balaban J connectivity index is 2.18. The van der Waals surface area contributed by atoms with Gasteiger partial charge in [-0.25, -0.2) is 0 Å². The van der Waals surface area contributed by atoms with Gasteiger partial charge in [0.15, 0.2) is 0 Å². The number of piperidine rings is 1. The lowest BCUT2D eigenvalue weighted by Crippen LogP contribution is -2.46. The Kier molecular flexibility index (Phi) is 5.82. The normalized spacial score (nSPS) is 22.0. The van der Waals surface area contributed by atoms with E-state index in [9.17, 15) is 4.79 Å². The van der Waals surface area contributed by atoms with Crippen molar-refractivity contribution < 1.29 is 9.53 Å². The van der Waals surface area contributed by atoms with Crippen molar-refractivity contribution in [2.75, 3.05) is 20.2 Å². The molecular weight excluding hydrogens is 330 g/mol. The van der Waals surface area contributed by atoms with Crippen molar-refractivity contribution in [3.63, 3.8) is 0 Å². The monoisotopic (exact) mass is 353 g/mol. The maximum atomic E-state index is 12.9. The molecule has 1 unspecified atom stereocenters. The van der Waals surface area contributed by atoms with Gasteiger partial charge in [-0.2, -0.15) is 0 Å². The molecule has 116 valence electrons. The number of carbonyl (C=O) groups is 1. The largest absolute Gasteiger partial charge is 0.497 e. The standard InChI is InChI=1S/C17H24BrNO2/c1-3-7-17(8-4-9-19-12-17)16(20)11-13-10-14(21-2)5-6-15(13)18/h5-6,10,19H,3-4,7-9,11-12H2,1-2H3. The summed E-state index contributed by atoms with van der Waals surface area (Å²) in [6, 6.07) is 5.81. The third-order valence-corrected chi connectivity index (χ3v) is 5.17. The fourth-order valence-corrected chi connectivity index (χ4v) is 3.60. The van der Waals surface area contributed by atoms with Crippen LogP contribution in [-0.4, -0.2) is 26.0 Å². The maximum absolute atomic E-state index is 12.9. The fraction of sp³-hybridized carbons (Fsp3) is 0.588. The summed E-state index contributed by atoms with van der Waals surface area (Å²) >= 11 is 3.55. The molecule has 1 aliphatic heterocycles.